The zero-order valence-corrected chi connectivity index (χ0v) is 11.2. The molecule has 0 saturated heterocycles. The summed E-state index contributed by atoms with van der Waals surface area (Å²) in [5.74, 6) is 0.0857. The molecular weight excluding hydrogens is 284 g/mol. The topological polar surface area (TPSA) is 101 Å². The Morgan fingerprint density at radius 1 is 1.55 bits per heavy atom. The number of hydrogen-bond donors (Lipinski definition) is 2. The summed E-state index contributed by atoms with van der Waals surface area (Å²) in [5.41, 5.74) is -0.246. The maximum Gasteiger partial charge on any atom is 0.288 e. The molecule has 2 N–H and O–H groups in total. The first-order valence-electron chi connectivity index (χ1n) is 5.73. The maximum atomic E-state index is 12.1. The van der Waals surface area contributed by atoms with Gasteiger partial charge < -0.3 is 10.3 Å². The largest absolute Gasteiger partial charge is 0.347 e. The van der Waals surface area contributed by atoms with E-state index in [9.17, 15) is 14.9 Å². The van der Waals surface area contributed by atoms with E-state index in [4.69, 9.17) is 11.6 Å². The molecule has 7 nitrogen and oxygen atoms in total. The fraction of sp³-hybridized carbons (Fsp3) is 0.167. The number of carbonyl (C=O) groups excluding carboxylic acids is 1. The van der Waals surface area contributed by atoms with Crippen LogP contribution in [0.3, 0.4) is 0 Å². The first-order valence-corrected chi connectivity index (χ1v) is 6.11. The third-order valence-electron chi connectivity index (χ3n) is 2.70. The van der Waals surface area contributed by atoms with Crippen molar-refractivity contribution in [2.75, 3.05) is 0 Å². The summed E-state index contributed by atoms with van der Waals surface area (Å²) in [7, 11) is 0. The molecule has 8 heteroatoms. The van der Waals surface area contributed by atoms with Crippen molar-refractivity contribution in [2.24, 2.45) is 0 Å². The maximum absolute atomic E-state index is 12.1. The Morgan fingerprint density at radius 3 is 2.90 bits per heavy atom. The van der Waals surface area contributed by atoms with Crippen LogP contribution in [0, 0.1) is 10.1 Å². The SMILES string of the molecule is CC(NC(=O)c1cccc([N+](=O)[O-])c1Cl)c1ncc[nH]1. The van der Waals surface area contributed by atoms with E-state index in [-0.39, 0.29) is 22.3 Å². The number of nitro benzene ring substituents is 1. The Balaban J connectivity index is 2.22. The highest BCUT2D eigenvalue weighted by atomic mass is 35.5. The number of nitrogens with one attached hydrogen (secondary N) is 2. The van der Waals surface area contributed by atoms with Crippen LogP contribution in [-0.2, 0) is 0 Å². The van der Waals surface area contributed by atoms with Crippen LogP contribution in [0.2, 0.25) is 5.02 Å². The van der Waals surface area contributed by atoms with Crippen molar-refractivity contribution in [1.82, 2.24) is 15.3 Å². The van der Waals surface area contributed by atoms with E-state index in [1.165, 1.54) is 18.2 Å². The summed E-state index contributed by atoms with van der Waals surface area (Å²) in [4.78, 5) is 29.1. The molecule has 2 aromatic rings. The number of aromatic nitrogens is 2. The lowest BCUT2D eigenvalue weighted by Crippen LogP contribution is -2.27. The molecule has 1 heterocycles. The Kier molecular flexibility index (Phi) is 3.99. The van der Waals surface area contributed by atoms with Crippen molar-refractivity contribution in [3.63, 3.8) is 0 Å². The minimum atomic E-state index is -0.630. The van der Waals surface area contributed by atoms with E-state index in [2.05, 4.69) is 15.3 Å². The molecule has 0 aliphatic rings. The average Bonchev–Trinajstić information content (AvgIpc) is 2.92. The lowest BCUT2D eigenvalue weighted by atomic mass is 10.1. The van der Waals surface area contributed by atoms with Crippen LogP contribution in [0.1, 0.15) is 29.1 Å². The Hall–Kier alpha value is -2.41. The Morgan fingerprint density at radius 2 is 2.30 bits per heavy atom. The van der Waals surface area contributed by atoms with E-state index >= 15 is 0 Å². The van der Waals surface area contributed by atoms with Crippen LogP contribution >= 0.6 is 11.6 Å². The molecule has 1 aromatic carbocycles. The summed E-state index contributed by atoms with van der Waals surface area (Å²) in [6.45, 7) is 1.74. The lowest BCUT2D eigenvalue weighted by Gasteiger charge is -2.12. The minimum absolute atomic E-state index is 0.0549. The molecule has 0 fully saturated rings. The molecule has 20 heavy (non-hydrogen) atoms. The highest BCUT2D eigenvalue weighted by Gasteiger charge is 2.21. The minimum Gasteiger partial charge on any atom is -0.347 e. The standard InChI is InChI=1S/C12H11ClN4O3/c1-7(11-14-5-6-15-11)16-12(18)8-3-2-4-9(10(8)13)17(19)20/h2-7H,1H3,(H,14,15)(H,16,18). The van der Waals surface area contributed by atoms with Crippen LogP contribution < -0.4 is 5.32 Å². The first kappa shape index (κ1) is 14.0. The predicted octanol–water partition coefficient (Wildman–Crippen LogP) is 2.46. The molecule has 1 amide bonds. The highest BCUT2D eigenvalue weighted by molar-refractivity contribution is 6.35. The quantitative estimate of drug-likeness (QED) is 0.668. The molecule has 0 bridgehead atoms. The molecule has 0 spiro atoms. The smallest absolute Gasteiger partial charge is 0.288 e. The van der Waals surface area contributed by atoms with Crippen LogP contribution in [0.4, 0.5) is 5.69 Å². The normalized spacial score (nSPS) is 11.9. The molecule has 1 atom stereocenters. The third-order valence-corrected chi connectivity index (χ3v) is 3.09. The van der Waals surface area contributed by atoms with E-state index in [0.717, 1.165) is 0 Å². The van der Waals surface area contributed by atoms with Crippen molar-refractivity contribution >= 4 is 23.2 Å². The number of carbonyl (C=O) groups is 1. The fourth-order valence-electron chi connectivity index (χ4n) is 1.69. The van der Waals surface area contributed by atoms with Crippen LogP contribution in [-0.4, -0.2) is 20.8 Å². The van der Waals surface area contributed by atoms with Gasteiger partial charge in [-0.05, 0) is 13.0 Å². The van der Waals surface area contributed by atoms with Gasteiger partial charge in [0.2, 0.25) is 0 Å². The zero-order valence-electron chi connectivity index (χ0n) is 10.5. The molecule has 0 saturated carbocycles. The van der Waals surface area contributed by atoms with Gasteiger partial charge in [0, 0.05) is 18.5 Å². The molecular formula is C12H11ClN4O3. The van der Waals surface area contributed by atoms with E-state index in [0.29, 0.717) is 5.82 Å². The van der Waals surface area contributed by atoms with E-state index < -0.39 is 10.8 Å². The van der Waals surface area contributed by atoms with E-state index in [1.807, 2.05) is 0 Å². The lowest BCUT2D eigenvalue weighted by molar-refractivity contribution is -0.384. The number of aromatic amines is 1. The molecule has 1 unspecified atom stereocenters. The summed E-state index contributed by atoms with van der Waals surface area (Å²) in [6, 6.07) is 3.72. The molecule has 0 aliphatic heterocycles. The number of imidazole rings is 1. The number of halogens is 1. The van der Waals surface area contributed by atoms with Gasteiger partial charge in [-0.25, -0.2) is 4.98 Å². The van der Waals surface area contributed by atoms with Gasteiger partial charge in [-0.1, -0.05) is 17.7 Å². The summed E-state index contributed by atoms with van der Waals surface area (Å²) in [5, 5.41) is 13.3. The second kappa shape index (κ2) is 5.70. The van der Waals surface area contributed by atoms with E-state index in [1.54, 1.807) is 19.3 Å². The van der Waals surface area contributed by atoms with Crippen molar-refractivity contribution in [1.29, 1.82) is 0 Å². The number of H-pyrrole nitrogens is 1. The van der Waals surface area contributed by atoms with Gasteiger partial charge in [0.25, 0.3) is 11.6 Å². The average molecular weight is 295 g/mol. The Labute approximate surface area is 119 Å². The van der Waals surface area contributed by atoms with Crippen molar-refractivity contribution in [3.8, 4) is 0 Å². The highest BCUT2D eigenvalue weighted by Crippen LogP contribution is 2.27. The summed E-state index contributed by atoms with van der Waals surface area (Å²) in [6.07, 6.45) is 3.21. The van der Waals surface area contributed by atoms with Crippen molar-refractivity contribution < 1.29 is 9.72 Å². The molecule has 0 aliphatic carbocycles. The number of rotatable bonds is 4. The molecule has 1 aromatic heterocycles. The van der Waals surface area contributed by atoms with Gasteiger partial charge in [-0.3, -0.25) is 14.9 Å². The number of hydrogen-bond acceptors (Lipinski definition) is 4. The second-order valence-corrected chi connectivity index (χ2v) is 4.44. The van der Waals surface area contributed by atoms with Crippen LogP contribution in [0.15, 0.2) is 30.6 Å². The zero-order chi connectivity index (χ0) is 14.7. The predicted molar refractivity (Wildman–Crippen MR) is 72.6 cm³/mol. The summed E-state index contributed by atoms with van der Waals surface area (Å²) < 4.78 is 0. The van der Waals surface area contributed by atoms with Gasteiger partial charge in [0.1, 0.15) is 10.8 Å². The van der Waals surface area contributed by atoms with Crippen LogP contribution in [0.5, 0.6) is 0 Å². The van der Waals surface area contributed by atoms with Gasteiger partial charge in [0.15, 0.2) is 0 Å². The monoisotopic (exact) mass is 294 g/mol. The van der Waals surface area contributed by atoms with Crippen LogP contribution in [0.25, 0.3) is 0 Å². The number of nitro groups is 1. The van der Waals surface area contributed by atoms with Gasteiger partial charge >= 0.3 is 0 Å². The number of benzene rings is 1. The van der Waals surface area contributed by atoms with Gasteiger partial charge in [-0.2, -0.15) is 0 Å². The number of amides is 1. The first-order chi connectivity index (χ1) is 9.50. The third kappa shape index (κ3) is 2.77. The second-order valence-electron chi connectivity index (χ2n) is 4.07. The molecule has 0 radical (unpaired) electrons. The van der Waals surface area contributed by atoms with Crippen molar-refractivity contribution in [2.45, 2.75) is 13.0 Å². The van der Waals surface area contributed by atoms with Crippen molar-refractivity contribution in [3.05, 3.63) is 57.1 Å². The summed E-state index contributed by atoms with van der Waals surface area (Å²) >= 11 is 5.88. The Bertz CT molecular complexity index is 642. The molecule has 2 rings (SSSR count). The molecule has 104 valence electrons. The fourth-order valence-corrected chi connectivity index (χ4v) is 1.97. The van der Waals surface area contributed by atoms with Gasteiger partial charge in [-0.15, -0.1) is 0 Å². The van der Waals surface area contributed by atoms with Gasteiger partial charge in [0.05, 0.1) is 16.5 Å². The number of nitrogens with zero attached hydrogens (tertiary/aromatic N) is 2.